The molecular formula is C22H26N6O5S. The van der Waals surface area contributed by atoms with E-state index in [2.05, 4.69) is 25.1 Å². The first-order chi connectivity index (χ1) is 16.3. The minimum absolute atomic E-state index is 0.144. The summed E-state index contributed by atoms with van der Waals surface area (Å²) in [4.78, 5) is 13.8. The minimum atomic E-state index is -3.68. The second kappa shape index (κ2) is 10.3. The zero-order valence-electron chi connectivity index (χ0n) is 18.9. The zero-order chi connectivity index (χ0) is 24.1. The van der Waals surface area contributed by atoms with E-state index >= 15 is 0 Å². The van der Waals surface area contributed by atoms with Crippen molar-refractivity contribution in [3.05, 3.63) is 42.9 Å². The zero-order valence-corrected chi connectivity index (χ0v) is 19.7. The summed E-state index contributed by atoms with van der Waals surface area (Å²) in [6.07, 6.45) is 3.94. The van der Waals surface area contributed by atoms with Crippen molar-refractivity contribution in [3.8, 4) is 22.8 Å². The highest BCUT2D eigenvalue weighted by Crippen LogP contribution is 2.21. The number of nitrogens with zero attached hydrogens (tertiary/aromatic N) is 5. The van der Waals surface area contributed by atoms with Gasteiger partial charge in [0.25, 0.3) is 0 Å². The number of likely N-dealkylation sites (tertiary alicyclic amines) is 1. The van der Waals surface area contributed by atoms with Crippen molar-refractivity contribution in [2.45, 2.75) is 37.7 Å². The monoisotopic (exact) mass is 486 g/mol. The molecular weight excluding hydrogens is 460 g/mol. The van der Waals surface area contributed by atoms with E-state index in [4.69, 9.17) is 9.15 Å². The van der Waals surface area contributed by atoms with Gasteiger partial charge >= 0.3 is 6.09 Å². The van der Waals surface area contributed by atoms with Crippen LogP contribution < -0.4 is 4.72 Å². The summed E-state index contributed by atoms with van der Waals surface area (Å²) in [5.74, 6) is 0.770. The van der Waals surface area contributed by atoms with Crippen LogP contribution in [0.3, 0.4) is 0 Å². The molecule has 1 aliphatic heterocycles. The number of rotatable bonds is 7. The van der Waals surface area contributed by atoms with Crippen LogP contribution in [0, 0.1) is 5.92 Å². The maximum atomic E-state index is 12.7. The van der Waals surface area contributed by atoms with Crippen molar-refractivity contribution in [3.63, 3.8) is 0 Å². The van der Waals surface area contributed by atoms with Gasteiger partial charge in [0.2, 0.25) is 21.7 Å². The van der Waals surface area contributed by atoms with E-state index in [0.29, 0.717) is 49.4 Å². The first-order valence-electron chi connectivity index (χ1n) is 11.0. The normalized spacial score (nSPS) is 15.0. The number of ether oxygens (including phenoxy) is 1. The molecule has 4 rings (SSSR count). The van der Waals surface area contributed by atoms with Crippen LogP contribution in [-0.2, 0) is 14.8 Å². The summed E-state index contributed by atoms with van der Waals surface area (Å²) in [7, 11) is -3.68. The Bertz CT molecular complexity index is 1190. The van der Waals surface area contributed by atoms with Gasteiger partial charge in [-0.3, -0.25) is 0 Å². The molecule has 1 N–H and O–H groups in total. The fraction of sp³-hybridized carbons (Fsp3) is 0.409. The third-order valence-electron chi connectivity index (χ3n) is 5.45. The number of sulfonamides is 1. The van der Waals surface area contributed by atoms with Crippen molar-refractivity contribution in [2.24, 2.45) is 5.92 Å². The number of hydrogen-bond acceptors (Lipinski definition) is 9. The number of carbonyl (C=O) groups is 1. The molecule has 1 amide bonds. The lowest BCUT2D eigenvalue weighted by molar-refractivity contribution is 0.0656. The number of furan rings is 1. The first-order valence-corrected chi connectivity index (χ1v) is 12.5. The molecule has 1 fully saturated rings. The van der Waals surface area contributed by atoms with Gasteiger partial charge in [-0.1, -0.05) is 0 Å². The fourth-order valence-corrected chi connectivity index (χ4v) is 4.66. The summed E-state index contributed by atoms with van der Waals surface area (Å²) < 4.78 is 38.4. The third-order valence-corrected chi connectivity index (χ3v) is 6.89. The number of carbonyl (C=O) groups excluding carboxylic acids is 1. The van der Waals surface area contributed by atoms with Crippen molar-refractivity contribution in [1.82, 2.24) is 30.0 Å². The van der Waals surface area contributed by atoms with Crippen molar-refractivity contribution >= 4 is 16.1 Å². The van der Waals surface area contributed by atoms with Gasteiger partial charge in [0, 0.05) is 25.2 Å². The van der Waals surface area contributed by atoms with Crippen LogP contribution in [0.5, 0.6) is 0 Å². The quantitative estimate of drug-likeness (QED) is 0.533. The Balaban J connectivity index is 1.31. The van der Waals surface area contributed by atoms with E-state index < -0.39 is 10.0 Å². The smallest absolute Gasteiger partial charge is 0.410 e. The lowest BCUT2D eigenvalue weighted by atomic mass is 9.97. The Kier molecular flexibility index (Phi) is 7.17. The van der Waals surface area contributed by atoms with E-state index in [9.17, 15) is 13.2 Å². The lowest BCUT2D eigenvalue weighted by Gasteiger charge is -2.31. The number of aromatic nitrogens is 4. The van der Waals surface area contributed by atoms with Gasteiger partial charge in [0.1, 0.15) is 6.26 Å². The average Bonchev–Trinajstić information content (AvgIpc) is 3.38. The minimum Gasteiger partial charge on any atom is -0.472 e. The predicted octanol–water partition coefficient (Wildman–Crippen LogP) is 2.73. The summed E-state index contributed by atoms with van der Waals surface area (Å²) >= 11 is 0. The molecule has 12 heteroatoms. The molecule has 34 heavy (non-hydrogen) atoms. The second-order valence-corrected chi connectivity index (χ2v) is 10.1. The van der Waals surface area contributed by atoms with Crippen LogP contribution in [0.4, 0.5) is 4.79 Å². The number of piperidine rings is 1. The molecule has 3 heterocycles. The highest BCUT2D eigenvalue weighted by atomic mass is 32.2. The largest absolute Gasteiger partial charge is 0.472 e. The Labute approximate surface area is 197 Å². The maximum Gasteiger partial charge on any atom is 0.410 e. The molecule has 0 atom stereocenters. The highest BCUT2D eigenvalue weighted by molar-refractivity contribution is 7.89. The number of hydrogen-bond donors (Lipinski definition) is 1. The van der Waals surface area contributed by atoms with E-state index in [-0.39, 0.29) is 28.8 Å². The molecule has 1 aliphatic rings. The summed E-state index contributed by atoms with van der Waals surface area (Å²) in [5, 5.41) is 16.2. The summed E-state index contributed by atoms with van der Waals surface area (Å²) in [6, 6.07) is 7.92. The highest BCUT2D eigenvalue weighted by Gasteiger charge is 2.25. The Morgan fingerprint density at radius 2 is 1.68 bits per heavy atom. The Morgan fingerprint density at radius 1 is 1.06 bits per heavy atom. The molecule has 0 aliphatic carbocycles. The third kappa shape index (κ3) is 5.75. The SMILES string of the molecule is CC(C)OC(=O)N1CCC(CNS(=O)(=O)c2ccc(-c3nnc(-c4ccoc4)nn3)cc2)CC1. The van der Waals surface area contributed by atoms with Gasteiger partial charge < -0.3 is 14.1 Å². The topological polar surface area (TPSA) is 140 Å². The van der Waals surface area contributed by atoms with Crippen molar-refractivity contribution < 1.29 is 22.4 Å². The maximum absolute atomic E-state index is 12.7. The van der Waals surface area contributed by atoms with E-state index in [1.54, 1.807) is 23.1 Å². The van der Waals surface area contributed by atoms with Crippen LogP contribution in [0.25, 0.3) is 22.8 Å². The van der Waals surface area contributed by atoms with Crippen LogP contribution in [0.15, 0.2) is 52.2 Å². The van der Waals surface area contributed by atoms with Crippen molar-refractivity contribution in [1.29, 1.82) is 0 Å². The van der Waals surface area contributed by atoms with Gasteiger partial charge in [-0.15, -0.1) is 20.4 Å². The summed E-state index contributed by atoms with van der Waals surface area (Å²) in [5.41, 5.74) is 1.26. The van der Waals surface area contributed by atoms with E-state index in [0.717, 1.165) is 0 Å². The molecule has 0 saturated carbocycles. The Morgan fingerprint density at radius 3 is 2.24 bits per heavy atom. The molecule has 0 radical (unpaired) electrons. The van der Waals surface area contributed by atoms with E-state index in [1.807, 2.05) is 13.8 Å². The first kappa shape index (κ1) is 23.8. The Hall–Kier alpha value is -3.38. The lowest BCUT2D eigenvalue weighted by Crippen LogP contribution is -2.42. The van der Waals surface area contributed by atoms with Crippen LogP contribution >= 0.6 is 0 Å². The molecule has 0 bridgehead atoms. The molecule has 1 aromatic carbocycles. The average molecular weight is 487 g/mol. The molecule has 3 aromatic rings. The van der Waals surface area contributed by atoms with Crippen LogP contribution in [-0.4, -0.2) is 65.5 Å². The van der Waals surface area contributed by atoms with Gasteiger partial charge in [-0.2, -0.15) is 0 Å². The van der Waals surface area contributed by atoms with Crippen LogP contribution in [0.2, 0.25) is 0 Å². The van der Waals surface area contributed by atoms with Gasteiger partial charge in [0.05, 0.1) is 22.8 Å². The number of benzene rings is 1. The summed E-state index contributed by atoms with van der Waals surface area (Å²) in [6.45, 7) is 5.03. The fourth-order valence-electron chi connectivity index (χ4n) is 3.54. The molecule has 11 nitrogen and oxygen atoms in total. The van der Waals surface area contributed by atoms with E-state index in [1.165, 1.54) is 24.7 Å². The molecule has 1 saturated heterocycles. The second-order valence-electron chi connectivity index (χ2n) is 8.30. The van der Waals surface area contributed by atoms with Crippen LogP contribution in [0.1, 0.15) is 26.7 Å². The van der Waals surface area contributed by atoms with Gasteiger partial charge in [-0.05, 0) is 62.9 Å². The number of amides is 1. The van der Waals surface area contributed by atoms with Gasteiger partial charge in [0.15, 0.2) is 0 Å². The van der Waals surface area contributed by atoms with Gasteiger partial charge in [-0.25, -0.2) is 17.9 Å². The molecule has 0 unspecified atom stereocenters. The standard InChI is InChI=1S/C22H26N6O5S/c1-15(2)33-22(29)28-10-7-16(8-11-28)13-23-34(30,31)19-5-3-17(4-6-19)20-24-26-21(27-25-20)18-9-12-32-14-18/h3-6,9,12,14-16,23H,7-8,10-11,13H2,1-2H3. The molecule has 2 aromatic heterocycles. The predicted molar refractivity (Wildman–Crippen MR) is 122 cm³/mol. The number of nitrogens with one attached hydrogen (secondary N) is 1. The van der Waals surface area contributed by atoms with Crippen molar-refractivity contribution in [2.75, 3.05) is 19.6 Å². The molecule has 0 spiro atoms. The molecule has 180 valence electrons.